The van der Waals surface area contributed by atoms with Gasteiger partial charge in [-0.2, -0.15) is 8.78 Å². The Hall–Kier alpha value is -3.06. The molecule has 0 saturated carbocycles. The molecule has 4 atom stereocenters. The Balaban J connectivity index is 1.85. The largest absolute Gasteiger partial charge is 0.429 e. The van der Waals surface area contributed by atoms with Gasteiger partial charge in [0.1, 0.15) is 11.6 Å². The van der Waals surface area contributed by atoms with Crippen molar-refractivity contribution in [3.63, 3.8) is 0 Å². The molecule has 0 radical (unpaired) electrons. The second-order valence-electron chi connectivity index (χ2n) is 6.43. The predicted octanol–water partition coefficient (Wildman–Crippen LogP) is 1.34. The number of benzene rings is 2. The molecule has 3 rings (SSSR count). The predicted molar refractivity (Wildman–Crippen MR) is 90.4 cm³/mol. The number of hydrogen-bond donors (Lipinski definition) is 3. The summed E-state index contributed by atoms with van der Waals surface area (Å²) in [6, 6.07) is 7.51. The van der Waals surface area contributed by atoms with E-state index in [0.29, 0.717) is 12.1 Å². The lowest BCUT2D eigenvalue weighted by Crippen LogP contribution is -2.59. The minimum absolute atomic E-state index is 0.426. The summed E-state index contributed by atoms with van der Waals surface area (Å²) in [6.45, 7) is 0. The van der Waals surface area contributed by atoms with Gasteiger partial charge in [-0.15, -0.1) is 0 Å². The number of esters is 2. The first-order valence-corrected chi connectivity index (χ1v) is 8.53. The zero-order chi connectivity index (χ0) is 23.0. The molecule has 31 heavy (non-hydrogen) atoms. The molecule has 166 valence electrons. The average Bonchev–Trinajstić information content (AvgIpc) is 2.87. The van der Waals surface area contributed by atoms with E-state index in [0.717, 1.165) is 36.4 Å². The van der Waals surface area contributed by atoms with Gasteiger partial charge < -0.3 is 29.5 Å². The highest BCUT2D eigenvalue weighted by Gasteiger charge is 2.74. The molecule has 0 aromatic heterocycles. The number of carbonyl (C=O) groups excluding carboxylic acids is 2. The van der Waals surface area contributed by atoms with Crippen LogP contribution in [0.25, 0.3) is 0 Å². The van der Waals surface area contributed by atoms with Gasteiger partial charge in [0.2, 0.25) is 12.6 Å². The van der Waals surface area contributed by atoms with Crippen LogP contribution in [0.15, 0.2) is 48.5 Å². The van der Waals surface area contributed by atoms with Gasteiger partial charge in [-0.25, -0.2) is 18.4 Å². The Morgan fingerprint density at radius 2 is 1.52 bits per heavy atom. The van der Waals surface area contributed by atoms with E-state index >= 15 is 0 Å². The molecular formula is C19H14F4O8. The van der Waals surface area contributed by atoms with Crippen molar-refractivity contribution in [3.05, 3.63) is 71.3 Å². The van der Waals surface area contributed by atoms with Gasteiger partial charge in [-0.1, -0.05) is 12.1 Å². The Kier molecular flexibility index (Phi) is 6.00. The Labute approximate surface area is 171 Å². The maximum atomic E-state index is 14.4. The summed E-state index contributed by atoms with van der Waals surface area (Å²) in [7, 11) is 0. The van der Waals surface area contributed by atoms with Gasteiger partial charge in [-0.05, 0) is 36.4 Å². The van der Waals surface area contributed by atoms with Crippen molar-refractivity contribution < 1.29 is 56.7 Å². The van der Waals surface area contributed by atoms with E-state index in [1.54, 1.807) is 0 Å². The molecule has 3 N–H and O–H groups in total. The van der Waals surface area contributed by atoms with Crippen LogP contribution in [0.1, 0.15) is 20.7 Å². The fourth-order valence-electron chi connectivity index (χ4n) is 2.74. The highest BCUT2D eigenvalue weighted by atomic mass is 19.3. The van der Waals surface area contributed by atoms with E-state index in [1.165, 1.54) is 0 Å². The maximum Gasteiger partial charge on any atom is 0.364 e. The monoisotopic (exact) mass is 446 g/mol. The van der Waals surface area contributed by atoms with Gasteiger partial charge in [-0.3, -0.25) is 0 Å². The van der Waals surface area contributed by atoms with Crippen LogP contribution in [0.3, 0.4) is 0 Å². The van der Waals surface area contributed by atoms with Crippen molar-refractivity contribution in [1.29, 1.82) is 0 Å². The first kappa shape index (κ1) is 22.6. The van der Waals surface area contributed by atoms with Crippen molar-refractivity contribution in [2.45, 2.75) is 30.4 Å². The van der Waals surface area contributed by atoms with Gasteiger partial charge >= 0.3 is 23.6 Å². The molecule has 1 unspecified atom stereocenters. The van der Waals surface area contributed by atoms with Crippen LogP contribution in [0, 0.1) is 11.6 Å². The number of alkyl halides is 2. The molecule has 0 bridgehead atoms. The third kappa shape index (κ3) is 4.23. The molecule has 0 aliphatic carbocycles. The van der Waals surface area contributed by atoms with Crippen LogP contribution in [0.4, 0.5) is 17.6 Å². The van der Waals surface area contributed by atoms with E-state index in [2.05, 4.69) is 14.2 Å². The lowest BCUT2D eigenvalue weighted by molar-refractivity contribution is -0.312. The zero-order valence-corrected chi connectivity index (χ0v) is 15.2. The maximum absolute atomic E-state index is 14.4. The Morgan fingerprint density at radius 3 is 2.03 bits per heavy atom. The lowest BCUT2D eigenvalue weighted by Gasteiger charge is -2.33. The summed E-state index contributed by atoms with van der Waals surface area (Å²) in [5.74, 6) is -13.6. The molecule has 1 aliphatic rings. The number of ether oxygens (including phenoxy) is 3. The second kappa shape index (κ2) is 8.23. The highest BCUT2D eigenvalue weighted by molar-refractivity contribution is 5.90. The molecule has 1 aliphatic heterocycles. The smallest absolute Gasteiger partial charge is 0.364 e. The van der Waals surface area contributed by atoms with E-state index < -0.39 is 65.1 Å². The summed E-state index contributed by atoms with van der Waals surface area (Å²) in [5, 5.41) is 29.9. The number of aliphatic hydroxyl groups is 3. The normalized spacial score (nSPS) is 25.6. The summed E-state index contributed by atoms with van der Waals surface area (Å²) in [4.78, 5) is 24.2. The van der Waals surface area contributed by atoms with Crippen LogP contribution in [0.5, 0.6) is 0 Å². The molecule has 8 nitrogen and oxygen atoms in total. The number of rotatable bonds is 5. The summed E-state index contributed by atoms with van der Waals surface area (Å²) in [6.07, 6.45) is -8.47. The van der Waals surface area contributed by atoms with Crippen LogP contribution in [-0.2, 0) is 14.2 Å². The average molecular weight is 446 g/mol. The van der Waals surface area contributed by atoms with Crippen molar-refractivity contribution >= 4 is 11.9 Å². The number of aliphatic hydroxyl groups excluding tert-OH is 2. The Morgan fingerprint density at radius 1 is 1.00 bits per heavy atom. The molecular weight excluding hydrogens is 432 g/mol. The van der Waals surface area contributed by atoms with E-state index in [-0.39, 0.29) is 0 Å². The zero-order valence-electron chi connectivity index (χ0n) is 15.2. The number of hydrogen-bond acceptors (Lipinski definition) is 8. The second-order valence-corrected chi connectivity index (χ2v) is 6.43. The van der Waals surface area contributed by atoms with Crippen molar-refractivity contribution in [2.24, 2.45) is 0 Å². The third-order valence-electron chi connectivity index (χ3n) is 4.30. The summed E-state index contributed by atoms with van der Waals surface area (Å²) in [5.41, 5.74) is -1.01. The molecule has 1 fully saturated rings. The number of halogens is 4. The SMILES string of the molecule is O=C(OC(O)[C@H]1O[C@H](O)C(F)(F)[C@@]1(O)OC(=O)c1cccc(F)c1)c1cccc(F)c1. The first-order chi connectivity index (χ1) is 14.5. The quantitative estimate of drug-likeness (QED) is 0.357. The van der Waals surface area contributed by atoms with Crippen LogP contribution in [-0.4, -0.2) is 57.7 Å². The third-order valence-corrected chi connectivity index (χ3v) is 4.30. The molecule has 1 saturated heterocycles. The van der Waals surface area contributed by atoms with Gasteiger partial charge in [0.05, 0.1) is 11.1 Å². The molecule has 2 aromatic rings. The van der Waals surface area contributed by atoms with Crippen molar-refractivity contribution in [2.75, 3.05) is 0 Å². The van der Waals surface area contributed by atoms with Crippen LogP contribution < -0.4 is 0 Å². The molecule has 0 amide bonds. The fourth-order valence-corrected chi connectivity index (χ4v) is 2.74. The molecule has 12 heteroatoms. The minimum atomic E-state index is -4.70. The number of carbonyl (C=O) groups is 2. The standard InChI is InChI=1S/C19H14F4O8/c20-11-5-1-3-9(7-11)14(24)30-16(26)13-19(28,18(22,23)17(27)29-13)31-15(25)10-4-2-6-12(21)8-10/h1-8,13,16-17,26-28H/t13-,16?,17+,19+/m1/s1. The lowest BCUT2D eigenvalue weighted by atomic mass is 10.0. The fraction of sp³-hybridized carbons (Fsp3) is 0.263. The summed E-state index contributed by atoms with van der Waals surface area (Å²) < 4.78 is 68.5. The van der Waals surface area contributed by atoms with Gasteiger partial charge in [0, 0.05) is 0 Å². The minimum Gasteiger partial charge on any atom is -0.429 e. The highest BCUT2D eigenvalue weighted by Crippen LogP contribution is 2.46. The van der Waals surface area contributed by atoms with Gasteiger partial charge in [0.15, 0.2) is 6.10 Å². The van der Waals surface area contributed by atoms with Crippen LogP contribution >= 0.6 is 0 Å². The first-order valence-electron chi connectivity index (χ1n) is 8.53. The molecule has 0 spiro atoms. The Bertz CT molecular complexity index is 1000. The van der Waals surface area contributed by atoms with E-state index in [1.807, 2.05) is 0 Å². The van der Waals surface area contributed by atoms with E-state index in [4.69, 9.17) is 0 Å². The molecule has 1 heterocycles. The summed E-state index contributed by atoms with van der Waals surface area (Å²) >= 11 is 0. The van der Waals surface area contributed by atoms with E-state index in [9.17, 15) is 42.5 Å². The molecule has 2 aromatic carbocycles. The topological polar surface area (TPSA) is 123 Å². The van der Waals surface area contributed by atoms with Gasteiger partial charge in [0.25, 0.3) is 0 Å². The van der Waals surface area contributed by atoms with Crippen LogP contribution in [0.2, 0.25) is 0 Å². The van der Waals surface area contributed by atoms with Crippen molar-refractivity contribution in [3.8, 4) is 0 Å². The van der Waals surface area contributed by atoms with Crippen molar-refractivity contribution in [1.82, 2.24) is 0 Å².